The molecule has 0 saturated heterocycles. The topological polar surface area (TPSA) is 53.2 Å². The van der Waals surface area contributed by atoms with Gasteiger partial charge in [-0.15, -0.1) is 0 Å². The molecule has 0 bridgehead atoms. The van der Waals surface area contributed by atoms with Gasteiger partial charge in [-0.25, -0.2) is 0 Å². The Morgan fingerprint density at radius 1 is 0.962 bits per heavy atom. The third kappa shape index (κ3) is 5.85. The monoisotopic (exact) mass is 369 g/mol. The first-order chi connectivity index (χ1) is 12.5. The number of nitrogens with one attached hydrogen (secondary N) is 3. The molecule has 0 aliphatic heterocycles. The van der Waals surface area contributed by atoms with Crippen LogP contribution >= 0.6 is 12.2 Å². The lowest BCUT2D eigenvalue weighted by Crippen LogP contribution is -2.45. The number of rotatable bonds is 6. The third-order valence-electron chi connectivity index (χ3n) is 4.23. The molecule has 0 fully saturated rings. The molecule has 2 aromatic carbocycles. The van der Waals surface area contributed by atoms with Gasteiger partial charge in [0.2, 0.25) is 5.91 Å². The molecule has 4 nitrogen and oxygen atoms in total. The van der Waals surface area contributed by atoms with Gasteiger partial charge in [-0.2, -0.15) is 0 Å². The van der Waals surface area contributed by atoms with Gasteiger partial charge in [0.15, 0.2) is 5.11 Å². The van der Waals surface area contributed by atoms with Crippen molar-refractivity contribution in [1.82, 2.24) is 10.9 Å². The van der Waals surface area contributed by atoms with Crippen LogP contribution in [0, 0.1) is 0 Å². The summed E-state index contributed by atoms with van der Waals surface area (Å²) in [6.07, 6.45) is 1.71. The molecule has 0 saturated carbocycles. The summed E-state index contributed by atoms with van der Waals surface area (Å²) in [5, 5.41) is 3.44. The molecule has 1 atom stereocenters. The molecular formula is C21H27N3OS. The molecule has 0 aliphatic carbocycles. The van der Waals surface area contributed by atoms with Crippen molar-refractivity contribution >= 4 is 28.9 Å². The predicted octanol–water partition coefficient (Wildman–Crippen LogP) is 4.71. The summed E-state index contributed by atoms with van der Waals surface area (Å²) in [6.45, 7) is 6.39. The van der Waals surface area contributed by atoms with Gasteiger partial charge < -0.3 is 5.32 Å². The molecule has 2 aromatic rings. The number of thiocarbonyl (C=S) groups is 1. The van der Waals surface area contributed by atoms with E-state index in [2.05, 4.69) is 49.1 Å². The van der Waals surface area contributed by atoms with Crippen LogP contribution in [0.15, 0.2) is 54.6 Å². The van der Waals surface area contributed by atoms with Gasteiger partial charge in [0, 0.05) is 5.69 Å². The highest BCUT2D eigenvalue weighted by Gasteiger charge is 2.19. The Labute approximate surface area is 161 Å². The number of hydrogen-bond acceptors (Lipinski definition) is 2. The molecule has 0 aliphatic rings. The van der Waals surface area contributed by atoms with Crippen LogP contribution < -0.4 is 16.2 Å². The highest BCUT2D eigenvalue weighted by Crippen LogP contribution is 2.21. The van der Waals surface area contributed by atoms with Crippen molar-refractivity contribution in [1.29, 1.82) is 0 Å². The SMILES string of the molecule is CCC[C@H](C(=O)NNC(=S)Nc1ccc(C(C)C)cc1)c1ccccc1. The minimum absolute atomic E-state index is 0.0858. The molecule has 3 N–H and O–H groups in total. The third-order valence-corrected chi connectivity index (χ3v) is 4.43. The van der Waals surface area contributed by atoms with Crippen LogP contribution in [-0.2, 0) is 4.79 Å². The van der Waals surface area contributed by atoms with Gasteiger partial charge in [0.25, 0.3) is 0 Å². The first-order valence-corrected chi connectivity index (χ1v) is 9.43. The van der Waals surface area contributed by atoms with E-state index in [9.17, 15) is 4.79 Å². The molecule has 2 rings (SSSR count). The maximum absolute atomic E-state index is 12.5. The summed E-state index contributed by atoms with van der Waals surface area (Å²) in [5.74, 6) is 0.209. The second-order valence-corrected chi connectivity index (χ2v) is 7.01. The average Bonchev–Trinajstić information content (AvgIpc) is 2.65. The van der Waals surface area contributed by atoms with Crippen molar-refractivity contribution in [2.45, 2.75) is 45.4 Å². The standard InChI is InChI=1S/C21H27N3OS/c1-4-8-19(17-9-6-5-7-10-17)20(25)23-24-21(26)22-18-13-11-16(12-14-18)15(2)3/h5-7,9-15,19H,4,8H2,1-3H3,(H,23,25)(H2,22,24,26)/t19-/m0/s1. The number of anilines is 1. The van der Waals surface area contributed by atoms with Gasteiger partial charge in [0.1, 0.15) is 0 Å². The number of amides is 1. The average molecular weight is 370 g/mol. The number of benzene rings is 2. The Balaban J connectivity index is 1.89. The highest BCUT2D eigenvalue weighted by atomic mass is 32.1. The largest absolute Gasteiger partial charge is 0.331 e. The fraction of sp³-hybridized carbons (Fsp3) is 0.333. The van der Waals surface area contributed by atoms with Crippen LogP contribution in [0.5, 0.6) is 0 Å². The lowest BCUT2D eigenvalue weighted by molar-refractivity contribution is -0.123. The molecular weight excluding hydrogens is 342 g/mol. The van der Waals surface area contributed by atoms with Crippen LogP contribution in [0.2, 0.25) is 0 Å². The number of hydrogen-bond donors (Lipinski definition) is 3. The molecule has 0 unspecified atom stereocenters. The van der Waals surface area contributed by atoms with Crippen LogP contribution in [0.1, 0.15) is 56.6 Å². The molecule has 0 radical (unpaired) electrons. The predicted molar refractivity (Wildman–Crippen MR) is 112 cm³/mol. The minimum atomic E-state index is -0.193. The number of hydrazine groups is 1. The van der Waals surface area contributed by atoms with Gasteiger partial charge in [0.05, 0.1) is 5.92 Å². The zero-order chi connectivity index (χ0) is 18.9. The van der Waals surface area contributed by atoms with E-state index in [1.54, 1.807) is 0 Å². The van der Waals surface area contributed by atoms with E-state index in [1.807, 2.05) is 42.5 Å². The van der Waals surface area contributed by atoms with Crippen molar-refractivity contribution in [3.05, 3.63) is 65.7 Å². The molecule has 5 heteroatoms. The normalized spacial score (nSPS) is 11.7. The quantitative estimate of drug-likeness (QED) is 0.510. The summed E-state index contributed by atoms with van der Waals surface area (Å²) >= 11 is 5.27. The summed E-state index contributed by atoms with van der Waals surface area (Å²) < 4.78 is 0. The first-order valence-electron chi connectivity index (χ1n) is 9.03. The highest BCUT2D eigenvalue weighted by molar-refractivity contribution is 7.80. The lowest BCUT2D eigenvalue weighted by atomic mass is 9.94. The van der Waals surface area contributed by atoms with E-state index in [0.29, 0.717) is 11.0 Å². The molecule has 0 heterocycles. The molecule has 26 heavy (non-hydrogen) atoms. The second-order valence-electron chi connectivity index (χ2n) is 6.60. The number of carbonyl (C=O) groups excluding carboxylic acids is 1. The first kappa shape index (κ1) is 19.9. The Morgan fingerprint density at radius 2 is 1.62 bits per heavy atom. The van der Waals surface area contributed by atoms with Gasteiger partial charge >= 0.3 is 0 Å². The summed E-state index contributed by atoms with van der Waals surface area (Å²) in [5.41, 5.74) is 8.69. The Hall–Kier alpha value is -2.40. The lowest BCUT2D eigenvalue weighted by Gasteiger charge is -2.18. The molecule has 0 spiro atoms. The van der Waals surface area contributed by atoms with Gasteiger partial charge in [-0.05, 0) is 47.8 Å². The molecule has 138 valence electrons. The van der Waals surface area contributed by atoms with Crippen molar-refractivity contribution in [2.24, 2.45) is 0 Å². The van der Waals surface area contributed by atoms with Crippen LogP contribution in [-0.4, -0.2) is 11.0 Å². The van der Waals surface area contributed by atoms with Crippen molar-refractivity contribution in [2.75, 3.05) is 5.32 Å². The van der Waals surface area contributed by atoms with Gasteiger partial charge in [-0.3, -0.25) is 15.6 Å². The van der Waals surface area contributed by atoms with Gasteiger partial charge in [-0.1, -0.05) is 69.7 Å². The molecule has 0 aromatic heterocycles. The van der Waals surface area contributed by atoms with Crippen molar-refractivity contribution < 1.29 is 4.79 Å². The van der Waals surface area contributed by atoms with E-state index in [-0.39, 0.29) is 11.8 Å². The fourth-order valence-electron chi connectivity index (χ4n) is 2.74. The summed E-state index contributed by atoms with van der Waals surface area (Å²) in [6, 6.07) is 17.9. The maximum Gasteiger partial charge on any atom is 0.245 e. The van der Waals surface area contributed by atoms with Crippen LogP contribution in [0.4, 0.5) is 5.69 Å². The van der Waals surface area contributed by atoms with E-state index < -0.39 is 0 Å². The van der Waals surface area contributed by atoms with Crippen LogP contribution in [0.25, 0.3) is 0 Å². The van der Waals surface area contributed by atoms with E-state index in [0.717, 1.165) is 24.1 Å². The number of carbonyl (C=O) groups is 1. The Morgan fingerprint density at radius 3 is 2.19 bits per heavy atom. The fourth-order valence-corrected chi connectivity index (χ4v) is 2.91. The smallest absolute Gasteiger partial charge is 0.245 e. The minimum Gasteiger partial charge on any atom is -0.331 e. The zero-order valence-corrected chi connectivity index (χ0v) is 16.4. The van der Waals surface area contributed by atoms with E-state index >= 15 is 0 Å². The Kier molecular flexibility index (Phi) is 7.60. The van der Waals surface area contributed by atoms with Crippen molar-refractivity contribution in [3.63, 3.8) is 0 Å². The zero-order valence-electron chi connectivity index (χ0n) is 15.6. The Bertz CT molecular complexity index is 714. The maximum atomic E-state index is 12.5. The molecule has 1 amide bonds. The summed E-state index contributed by atoms with van der Waals surface area (Å²) in [4.78, 5) is 12.5. The van der Waals surface area contributed by atoms with E-state index in [1.165, 1.54) is 5.56 Å². The summed E-state index contributed by atoms with van der Waals surface area (Å²) in [7, 11) is 0. The second kappa shape index (κ2) is 9.92. The van der Waals surface area contributed by atoms with Crippen molar-refractivity contribution in [3.8, 4) is 0 Å². The van der Waals surface area contributed by atoms with Crippen LogP contribution in [0.3, 0.4) is 0 Å². The van der Waals surface area contributed by atoms with E-state index in [4.69, 9.17) is 12.2 Å².